The number of hydrogen-bond donors (Lipinski definition) is 5. The molecule has 1 fully saturated rings. The number of imidazole rings is 1. The molecule has 2 aromatic rings. The Kier molecular flexibility index (Phi) is 2.73. The highest BCUT2D eigenvalue weighted by Gasteiger charge is 2.26. The van der Waals surface area contributed by atoms with Crippen molar-refractivity contribution in [3.63, 3.8) is 0 Å². The topological polar surface area (TPSA) is 125 Å². The first-order valence-electron chi connectivity index (χ1n) is 5.90. The minimum atomic E-state index is -0.341. The van der Waals surface area contributed by atoms with Crippen LogP contribution in [-0.4, -0.2) is 37.2 Å². The van der Waals surface area contributed by atoms with E-state index in [0.29, 0.717) is 22.9 Å². The van der Waals surface area contributed by atoms with Gasteiger partial charge in [-0.3, -0.25) is 5.43 Å². The van der Waals surface area contributed by atoms with E-state index in [9.17, 15) is 5.11 Å². The molecule has 2 aromatic heterocycles. The van der Waals surface area contributed by atoms with E-state index in [1.807, 2.05) is 0 Å². The van der Waals surface area contributed by atoms with Crippen LogP contribution in [0.4, 0.5) is 11.8 Å². The Labute approximate surface area is 103 Å². The molecule has 3 rings (SSSR count). The standard InChI is InChI=1S/C10H15N7O/c11-17-10-15-8-7(12-4-13-8)9(16-10)14-5-2-1-3-6(5)18/h4-6,18H,1-3,11H2,(H3,12,13,14,15,16,17)/t5-,6-/m0/s1. The van der Waals surface area contributed by atoms with Gasteiger partial charge in [-0.05, 0) is 19.3 Å². The average Bonchev–Trinajstić information content (AvgIpc) is 2.98. The highest BCUT2D eigenvalue weighted by atomic mass is 16.3. The molecule has 6 N–H and O–H groups in total. The van der Waals surface area contributed by atoms with Crippen molar-refractivity contribution in [2.45, 2.75) is 31.4 Å². The molecule has 0 spiro atoms. The molecule has 0 amide bonds. The average molecular weight is 249 g/mol. The fourth-order valence-corrected chi connectivity index (χ4v) is 2.29. The summed E-state index contributed by atoms with van der Waals surface area (Å²) in [6.45, 7) is 0. The zero-order valence-corrected chi connectivity index (χ0v) is 9.72. The summed E-state index contributed by atoms with van der Waals surface area (Å²) >= 11 is 0. The Morgan fingerprint density at radius 2 is 2.28 bits per heavy atom. The van der Waals surface area contributed by atoms with Crippen LogP contribution >= 0.6 is 0 Å². The van der Waals surface area contributed by atoms with Crippen LogP contribution in [-0.2, 0) is 0 Å². The first-order valence-corrected chi connectivity index (χ1v) is 5.90. The number of fused-ring (bicyclic) bond motifs is 1. The minimum absolute atomic E-state index is 0.0111. The van der Waals surface area contributed by atoms with Crippen molar-refractivity contribution < 1.29 is 5.11 Å². The number of nitrogen functional groups attached to an aromatic ring is 1. The van der Waals surface area contributed by atoms with E-state index in [-0.39, 0.29) is 12.1 Å². The highest BCUT2D eigenvalue weighted by Crippen LogP contribution is 2.25. The first-order chi connectivity index (χ1) is 8.78. The maximum absolute atomic E-state index is 9.83. The molecular formula is C10H15N7O. The van der Waals surface area contributed by atoms with Crippen LogP contribution in [0.3, 0.4) is 0 Å². The first kappa shape index (κ1) is 11.2. The van der Waals surface area contributed by atoms with Gasteiger partial charge in [-0.25, -0.2) is 10.8 Å². The predicted octanol–water partition coefficient (Wildman–Crippen LogP) is -0.0362. The number of nitrogens with two attached hydrogens (primary N) is 1. The van der Waals surface area contributed by atoms with Crippen LogP contribution in [0.2, 0.25) is 0 Å². The van der Waals surface area contributed by atoms with Gasteiger partial charge in [0, 0.05) is 0 Å². The summed E-state index contributed by atoms with van der Waals surface area (Å²) in [5.41, 5.74) is 3.66. The van der Waals surface area contributed by atoms with Crippen LogP contribution in [0.1, 0.15) is 19.3 Å². The lowest BCUT2D eigenvalue weighted by atomic mass is 10.2. The number of nitrogens with zero attached hydrogens (tertiary/aromatic N) is 3. The summed E-state index contributed by atoms with van der Waals surface area (Å²) in [6.07, 6.45) is 3.96. The molecule has 18 heavy (non-hydrogen) atoms. The number of rotatable bonds is 3. The fraction of sp³-hybridized carbons (Fsp3) is 0.500. The van der Waals surface area contributed by atoms with Gasteiger partial charge >= 0.3 is 0 Å². The van der Waals surface area contributed by atoms with Crippen molar-refractivity contribution in [2.24, 2.45) is 5.84 Å². The molecule has 0 bridgehead atoms. The van der Waals surface area contributed by atoms with E-state index in [1.54, 1.807) is 6.33 Å². The Bertz CT molecular complexity index is 554. The second kappa shape index (κ2) is 4.39. The largest absolute Gasteiger partial charge is 0.391 e. The van der Waals surface area contributed by atoms with Gasteiger partial charge in [0.1, 0.15) is 5.52 Å². The number of hydrazine groups is 1. The van der Waals surface area contributed by atoms with Crippen molar-refractivity contribution >= 4 is 22.9 Å². The Balaban J connectivity index is 1.96. The third-order valence-electron chi connectivity index (χ3n) is 3.22. The molecule has 0 aromatic carbocycles. The summed E-state index contributed by atoms with van der Waals surface area (Å²) in [5, 5.41) is 13.1. The monoisotopic (exact) mass is 249 g/mol. The number of H-pyrrole nitrogens is 1. The minimum Gasteiger partial charge on any atom is -0.391 e. The van der Waals surface area contributed by atoms with E-state index >= 15 is 0 Å². The van der Waals surface area contributed by atoms with Gasteiger partial charge in [0.2, 0.25) is 5.95 Å². The van der Waals surface area contributed by atoms with E-state index in [0.717, 1.165) is 19.3 Å². The maximum Gasteiger partial charge on any atom is 0.241 e. The molecule has 0 unspecified atom stereocenters. The lowest BCUT2D eigenvalue weighted by Crippen LogP contribution is -2.28. The number of anilines is 2. The molecule has 1 aliphatic rings. The van der Waals surface area contributed by atoms with E-state index in [2.05, 4.69) is 30.7 Å². The van der Waals surface area contributed by atoms with E-state index in [1.165, 1.54) is 0 Å². The number of aliphatic hydroxyl groups excluding tert-OH is 1. The Hall–Kier alpha value is -1.93. The van der Waals surface area contributed by atoms with Crippen molar-refractivity contribution in [2.75, 3.05) is 10.7 Å². The molecule has 0 aliphatic heterocycles. The lowest BCUT2D eigenvalue weighted by Gasteiger charge is -2.17. The van der Waals surface area contributed by atoms with Gasteiger partial charge in [-0.15, -0.1) is 0 Å². The normalized spacial score (nSPS) is 23.4. The lowest BCUT2D eigenvalue weighted by molar-refractivity contribution is 0.171. The molecule has 2 atom stereocenters. The molecule has 8 nitrogen and oxygen atoms in total. The molecular weight excluding hydrogens is 234 g/mol. The van der Waals surface area contributed by atoms with Gasteiger partial charge in [0.15, 0.2) is 11.5 Å². The third-order valence-corrected chi connectivity index (χ3v) is 3.22. The number of aromatic amines is 1. The zero-order valence-electron chi connectivity index (χ0n) is 9.72. The molecule has 2 heterocycles. The maximum atomic E-state index is 9.83. The van der Waals surface area contributed by atoms with Gasteiger partial charge in [-0.1, -0.05) is 0 Å². The van der Waals surface area contributed by atoms with Crippen LogP contribution in [0, 0.1) is 0 Å². The molecule has 0 radical (unpaired) electrons. The van der Waals surface area contributed by atoms with E-state index in [4.69, 9.17) is 5.84 Å². The third kappa shape index (κ3) is 1.85. The zero-order chi connectivity index (χ0) is 12.5. The molecule has 1 saturated carbocycles. The summed E-state index contributed by atoms with van der Waals surface area (Å²) in [7, 11) is 0. The molecule has 96 valence electrons. The Morgan fingerprint density at radius 3 is 3.00 bits per heavy atom. The summed E-state index contributed by atoms with van der Waals surface area (Å²) in [6, 6.07) is 0.0111. The molecule has 1 aliphatic carbocycles. The van der Waals surface area contributed by atoms with Crippen molar-refractivity contribution in [3.05, 3.63) is 6.33 Å². The Morgan fingerprint density at radius 1 is 1.39 bits per heavy atom. The van der Waals surface area contributed by atoms with Crippen molar-refractivity contribution in [3.8, 4) is 0 Å². The van der Waals surface area contributed by atoms with Gasteiger partial charge < -0.3 is 15.4 Å². The van der Waals surface area contributed by atoms with Gasteiger partial charge in [-0.2, -0.15) is 9.97 Å². The number of nitrogens with one attached hydrogen (secondary N) is 3. The number of hydrogen-bond acceptors (Lipinski definition) is 7. The summed E-state index contributed by atoms with van der Waals surface area (Å²) in [5.74, 6) is 6.23. The van der Waals surface area contributed by atoms with Crippen LogP contribution in [0.5, 0.6) is 0 Å². The quantitative estimate of drug-likeness (QED) is 0.382. The summed E-state index contributed by atoms with van der Waals surface area (Å²) < 4.78 is 0. The van der Waals surface area contributed by atoms with E-state index < -0.39 is 0 Å². The second-order valence-corrected chi connectivity index (χ2v) is 4.39. The SMILES string of the molecule is NNc1nc(N[C@H]2CCC[C@@H]2O)c2[nH]cnc2n1. The van der Waals surface area contributed by atoms with Crippen molar-refractivity contribution in [1.29, 1.82) is 0 Å². The fourth-order valence-electron chi connectivity index (χ4n) is 2.29. The molecule has 8 heteroatoms. The molecule has 0 saturated heterocycles. The smallest absolute Gasteiger partial charge is 0.241 e. The van der Waals surface area contributed by atoms with Crippen molar-refractivity contribution in [1.82, 2.24) is 19.9 Å². The number of aromatic nitrogens is 4. The number of aliphatic hydroxyl groups is 1. The van der Waals surface area contributed by atoms with Gasteiger partial charge in [0.25, 0.3) is 0 Å². The van der Waals surface area contributed by atoms with Gasteiger partial charge in [0.05, 0.1) is 18.5 Å². The van der Waals surface area contributed by atoms with Crippen LogP contribution < -0.4 is 16.6 Å². The second-order valence-electron chi connectivity index (χ2n) is 4.39. The van der Waals surface area contributed by atoms with Crippen LogP contribution in [0.25, 0.3) is 11.2 Å². The highest BCUT2D eigenvalue weighted by molar-refractivity contribution is 5.83. The summed E-state index contributed by atoms with van der Waals surface area (Å²) in [4.78, 5) is 15.4. The van der Waals surface area contributed by atoms with Crippen LogP contribution in [0.15, 0.2) is 6.33 Å². The predicted molar refractivity (Wildman–Crippen MR) is 66.8 cm³/mol.